The second kappa shape index (κ2) is 6.79. The van der Waals surface area contributed by atoms with E-state index < -0.39 is 5.97 Å². The van der Waals surface area contributed by atoms with Gasteiger partial charge >= 0.3 is 5.97 Å². The maximum Gasteiger partial charge on any atom is 0.303 e. The van der Waals surface area contributed by atoms with Crippen LogP contribution in [0.5, 0.6) is 0 Å². The Bertz CT molecular complexity index is 429. The maximum absolute atomic E-state index is 12.0. The highest BCUT2D eigenvalue weighted by atomic mass is 16.4. The average molecular weight is 249 g/mol. The Morgan fingerprint density at radius 2 is 2.00 bits per heavy atom. The molecule has 0 radical (unpaired) electrons. The molecule has 1 unspecified atom stereocenters. The monoisotopic (exact) mass is 249 g/mol. The van der Waals surface area contributed by atoms with Gasteiger partial charge in [-0.2, -0.15) is 0 Å². The predicted molar refractivity (Wildman–Crippen MR) is 69.6 cm³/mol. The van der Waals surface area contributed by atoms with Gasteiger partial charge in [-0.05, 0) is 24.0 Å². The SMILES string of the molecule is CCc1ccccc1C(=O)NCC(C)CC(=O)O. The van der Waals surface area contributed by atoms with Gasteiger partial charge in [0.25, 0.3) is 5.91 Å². The Hall–Kier alpha value is -1.84. The summed E-state index contributed by atoms with van der Waals surface area (Å²) < 4.78 is 0. The molecule has 0 fully saturated rings. The molecule has 4 nitrogen and oxygen atoms in total. The van der Waals surface area contributed by atoms with E-state index in [0.717, 1.165) is 12.0 Å². The van der Waals surface area contributed by atoms with Crippen molar-refractivity contribution in [2.75, 3.05) is 6.54 Å². The van der Waals surface area contributed by atoms with E-state index in [4.69, 9.17) is 5.11 Å². The van der Waals surface area contributed by atoms with Gasteiger partial charge in [0.2, 0.25) is 0 Å². The molecule has 0 saturated carbocycles. The van der Waals surface area contributed by atoms with Crippen LogP contribution in [-0.4, -0.2) is 23.5 Å². The van der Waals surface area contributed by atoms with E-state index in [1.54, 1.807) is 13.0 Å². The molecule has 2 N–H and O–H groups in total. The lowest BCUT2D eigenvalue weighted by atomic mass is 10.0. The first-order chi connectivity index (χ1) is 8.54. The van der Waals surface area contributed by atoms with Crippen LogP contribution in [0.25, 0.3) is 0 Å². The van der Waals surface area contributed by atoms with E-state index in [1.165, 1.54) is 0 Å². The van der Waals surface area contributed by atoms with E-state index in [0.29, 0.717) is 12.1 Å². The predicted octanol–water partition coefficient (Wildman–Crippen LogP) is 2.09. The minimum atomic E-state index is -0.842. The second-order valence-electron chi connectivity index (χ2n) is 4.42. The van der Waals surface area contributed by atoms with Crippen molar-refractivity contribution in [2.24, 2.45) is 5.92 Å². The highest BCUT2D eigenvalue weighted by Crippen LogP contribution is 2.09. The maximum atomic E-state index is 12.0. The molecule has 0 aliphatic heterocycles. The van der Waals surface area contributed by atoms with Crippen LogP contribution >= 0.6 is 0 Å². The molecule has 1 atom stereocenters. The number of aryl methyl sites for hydroxylation is 1. The third-order valence-corrected chi connectivity index (χ3v) is 2.78. The molecule has 4 heteroatoms. The van der Waals surface area contributed by atoms with E-state index in [9.17, 15) is 9.59 Å². The summed E-state index contributed by atoms with van der Waals surface area (Å²) in [5, 5.41) is 11.4. The topological polar surface area (TPSA) is 66.4 Å². The smallest absolute Gasteiger partial charge is 0.303 e. The first-order valence-corrected chi connectivity index (χ1v) is 6.12. The molecule has 0 heterocycles. The highest BCUT2D eigenvalue weighted by molar-refractivity contribution is 5.95. The number of carboxylic acids is 1. The molecule has 1 amide bonds. The normalized spacial score (nSPS) is 11.9. The summed E-state index contributed by atoms with van der Waals surface area (Å²) in [4.78, 5) is 22.5. The Kier molecular flexibility index (Phi) is 5.36. The summed E-state index contributed by atoms with van der Waals surface area (Å²) in [6.45, 7) is 4.18. The third kappa shape index (κ3) is 4.20. The van der Waals surface area contributed by atoms with Crippen LogP contribution in [0.3, 0.4) is 0 Å². The van der Waals surface area contributed by atoms with Gasteiger partial charge in [-0.15, -0.1) is 0 Å². The zero-order chi connectivity index (χ0) is 13.5. The minimum Gasteiger partial charge on any atom is -0.481 e. The lowest BCUT2D eigenvalue weighted by molar-refractivity contribution is -0.137. The van der Waals surface area contributed by atoms with Crippen molar-refractivity contribution < 1.29 is 14.7 Å². The third-order valence-electron chi connectivity index (χ3n) is 2.78. The molecule has 0 bridgehead atoms. The van der Waals surface area contributed by atoms with Gasteiger partial charge in [-0.3, -0.25) is 9.59 Å². The molecule has 0 aliphatic rings. The van der Waals surface area contributed by atoms with Crippen LogP contribution in [0.15, 0.2) is 24.3 Å². The number of hydrogen-bond acceptors (Lipinski definition) is 2. The van der Waals surface area contributed by atoms with Crippen LogP contribution in [0.1, 0.15) is 36.2 Å². The van der Waals surface area contributed by atoms with Crippen molar-refractivity contribution in [3.05, 3.63) is 35.4 Å². The number of aliphatic carboxylic acids is 1. The zero-order valence-corrected chi connectivity index (χ0v) is 10.8. The molecule has 0 aliphatic carbocycles. The van der Waals surface area contributed by atoms with E-state index in [2.05, 4.69) is 5.32 Å². The number of amides is 1. The molecular weight excluding hydrogens is 230 g/mol. The first kappa shape index (κ1) is 14.2. The molecule has 98 valence electrons. The van der Waals surface area contributed by atoms with E-state index >= 15 is 0 Å². The van der Waals surface area contributed by atoms with Crippen LogP contribution in [0.2, 0.25) is 0 Å². The summed E-state index contributed by atoms with van der Waals surface area (Å²) in [5.41, 5.74) is 1.67. The van der Waals surface area contributed by atoms with Crippen molar-refractivity contribution in [2.45, 2.75) is 26.7 Å². The van der Waals surface area contributed by atoms with Gasteiger partial charge in [0.15, 0.2) is 0 Å². The van der Waals surface area contributed by atoms with Crippen molar-refractivity contribution in [1.82, 2.24) is 5.32 Å². The van der Waals surface area contributed by atoms with E-state index in [-0.39, 0.29) is 18.2 Å². The molecule has 0 spiro atoms. The van der Waals surface area contributed by atoms with Crippen LogP contribution in [0, 0.1) is 5.92 Å². The Labute approximate surface area is 107 Å². The van der Waals surface area contributed by atoms with Crippen molar-refractivity contribution in [3.63, 3.8) is 0 Å². The number of carbonyl (C=O) groups excluding carboxylic acids is 1. The minimum absolute atomic E-state index is 0.0652. The van der Waals surface area contributed by atoms with Gasteiger partial charge in [0.1, 0.15) is 0 Å². The number of carbonyl (C=O) groups is 2. The summed E-state index contributed by atoms with van der Waals surface area (Å²) >= 11 is 0. The lowest BCUT2D eigenvalue weighted by Gasteiger charge is -2.12. The molecule has 1 aromatic carbocycles. The van der Waals surface area contributed by atoms with Crippen LogP contribution in [0.4, 0.5) is 0 Å². The summed E-state index contributed by atoms with van der Waals surface area (Å²) in [7, 11) is 0. The van der Waals surface area contributed by atoms with Crippen molar-refractivity contribution >= 4 is 11.9 Å². The molecule has 0 aromatic heterocycles. The summed E-state index contributed by atoms with van der Waals surface area (Å²) in [6, 6.07) is 7.45. The average Bonchev–Trinajstić information content (AvgIpc) is 2.35. The van der Waals surface area contributed by atoms with Crippen molar-refractivity contribution in [1.29, 1.82) is 0 Å². The second-order valence-corrected chi connectivity index (χ2v) is 4.42. The van der Waals surface area contributed by atoms with Gasteiger partial charge < -0.3 is 10.4 Å². The number of nitrogens with one attached hydrogen (secondary N) is 1. The van der Waals surface area contributed by atoms with Crippen LogP contribution in [-0.2, 0) is 11.2 Å². The number of benzene rings is 1. The van der Waals surface area contributed by atoms with Crippen LogP contribution < -0.4 is 5.32 Å². The largest absolute Gasteiger partial charge is 0.481 e. The quantitative estimate of drug-likeness (QED) is 0.811. The first-order valence-electron chi connectivity index (χ1n) is 6.12. The van der Waals surface area contributed by atoms with Gasteiger partial charge in [-0.25, -0.2) is 0 Å². The molecule has 1 aromatic rings. The lowest BCUT2D eigenvalue weighted by Crippen LogP contribution is -2.29. The fraction of sp³-hybridized carbons (Fsp3) is 0.429. The summed E-state index contributed by atoms with van der Waals surface area (Å²) in [6.07, 6.45) is 0.865. The zero-order valence-electron chi connectivity index (χ0n) is 10.8. The fourth-order valence-electron chi connectivity index (χ4n) is 1.78. The number of hydrogen-bond donors (Lipinski definition) is 2. The molecular formula is C14H19NO3. The number of carboxylic acid groups (broad SMARTS) is 1. The van der Waals surface area contributed by atoms with E-state index in [1.807, 2.05) is 25.1 Å². The van der Waals surface area contributed by atoms with Gasteiger partial charge in [-0.1, -0.05) is 32.0 Å². The summed E-state index contributed by atoms with van der Waals surface area (Å²) in [5.74, 6) is -1.05. The number of rotatable bonds is 6. The Balaban J connectivity index is 2.57. The highest BCUT2D eigenvalue weighted by Gasteiger charge is 2.12. The Morgan fingerprint density at radius 3 is 2.61 bits per heavy atom. The van der Waals surface area contributed by atoms with Gasteiger partial charge in [0, 0.05) is 18.5 Å². The molecule has 18 heavy (non-hydrogen) atoms. The van der Waals surface area contributed by atoms with Crippen molar-refractivity contribution in [3.8, 4) is 0 Å². The standard InChI is InChI=1S/C14H19NO3/c1-3-11-6-4-5-7-12(11)14(18)15-9-10(2)8-13(16)17/h4-7,10H,3,8-9H2,1-2H3,(H,15,18)(H,16,17). The molecule has 1 rings (SSSR count). The van der Waals surface area contributed by atoms with Gasteiger partial charge in [0.05, 0.1) is 0 Å². The fourth-order valence-corrected chi connectivity index (χ4v) is 1.78. The Morgan fingerprint density at radius 1 is 1.33 bits per heavy atom. The molecule has 0 saturated heterocycles.